The highest BCUT2D eigenvalue weighted by atomic mass is 15.1. The van der Waals surface area contributed by atoms with Gasteiger partial charge >= 0.3 is 0 Å². The maximum Gasteiger partial charge on any atom is 0.0239 e. The molecule has 2 rings (SSSR count). The number of hydrogen-bond donors (Lipinski definition) is 1. The van der Waals surface area contributed by atoms with E-state index in [0.29, 0.717) is 11.0 Å². The molecule has 1 nitrogen and oxygen atoms in total. The SMILES string of the molecule is CC1(C)CC12CCCN2. The second-order valence-electron chi connectivity index (χ2n) is 4.17. The van der Waals surface area contributed by atoms with Gasteiger partial charge in [0.1, 0.15) is 0 Å². The van der Waals surface area contributed by atoms with Crippen LogP contribution in [0.15, 0.2) is 0 Å². The molecular weight excluding hydrogens is 110 g/mol. The molecule has 1 heteroatoms. The summed E-state index contributed by atoms with van der Waals surface area (Å²) in [7, 11) is 0. The van der Waals surface area contributed by atoms with Crippen molar-refractivity contribution in [1.29, 1.82) is 0 Å². The van der Waals surface area contributed by atoms with Crippen LogP contribution in [0, 0.1) is 5.41 Å². The summed E-state index contributed by atoms with van der Waals surface area (Å²) in [6.45, 7) is 5.99. The fourth-order valence-electron chi connectivity index (χ4n) is 2.25. The van der Waals surface area contributed by atoms with Crippen LogP contribution < -0.4 is 5.32 Å². The molecule has 2 fully saturated rings. The zero-order valence-corrected chi connectivity index (χ0v) is 6.33. The number of nitrogens with one attached hydrogen (secondary N) is 1. The van der Waals surface area contributed by atoms with E-state index in [-0.39, 0.29) is 0 Å². The van der Waals surface area contributed by atoms with Gasteiger partial charge in [-0.15, -0.1) is 0 Å². The van der Waals surface area contributed by atoms with Crippen LogP contribution in [0.1, 0.15) is 33.1 Å². The molecule has 1 saturated heterocycles. The molecule has 1 unspecified atom stereocenters. The van der Waals surface area contributed by atoms with Gasteiger partial charge in [-0.25, -0.2) is 0 Å². The summed E-state index contributed by atoms with van der Waals surface area (Å²) in [6, 6.07) is 0. The predicted molar refractivity (Wildman–Crippen MR) is 38.4 cm³/mol. The topological polar surface area (TPSA) is 12.0 Å². The summed E-state index contributed by atoms with van der Waals surface area (Å²) in [5.41, 5.74) is 1.20. The lowest BCUT2D eigenvalue weighted by Gasteiger charge is -2.12. The van der Waals surface area contributed by atoms with Gasteiger partial charge in [0.2, 0.25) is 0 Å². The van der Waals surface area contributed by atoms with Gasteiger partial charge in [-0.05, 0) is 31.2 Å². The molecule has 9 heavy (non-hydrogen) atoms. The fraction of sp³-hybridized carbons (Fsp3) is 1.00. The summed E-state index contributed by atoms with van der Waals surface area (Å²) in [5.74, 6) is 0. The lowest BCUT2D eigenvalue weighted by Crippen LogP contribution is -2.28. The normalized spacial score (nSPS) is 46.0. The van der Waals surface area contributed by atoms with Gasteiger partial charge in [-0.3, -0.25) is 0 Å². The Labute approximate surface area is 56.8 Å². The van der Waals surface area contributed by atoms with E-state index in [2.05, 4.69) is 19.2 Å². The molecule has 0 aromatic heterocycles. The van der Waals surface area contributed by atoms with Crippen LogP contribution in [0.5, 0.6) is 0 Å². The Bertz CT molecular complexity index is 126. The van der Waals surface area contributed by atoms with Crippen LogP contribution in [0.3, 0.4) is 0 Å². The van der Waals surface area contributed by atoms with Crippen LogP contribution >= 0.6 is 0 Å². The molecule has 1 aliphatic heterocycles. The number of hydrogen-bond acceptors (Lipinski definition) is 1. The van der Waals surface area contributed by atoms with Gasteiger partial charge in [0.05, 0.1) is 0 Å². The Balaban J connectivity index is 2.13. The first-order valence-corrected chi connectivity index (χ1v) is 3.91. The zero-order chi connectivity index (χ0) is 6.54. The van der Waals surface area contributed by atoms with Crippen molar-refractivity contribution in [2.24, 2.45) is 5.41 Å². The van der Waals surface area contributed by atoms with Crippen molar-refractivity contribution < 1.29 is 0 Å². The van der Waals surface area contributed by atoms with Crippen molar-refractivity contribution in [3.8, 4) is 0 Å². The van der Waals surface area contributed by atoms with Crippen molar-refractivity contribution in [3.63, 3.8) is 0 Å². The fourth-order valence-corrected chi connectivity index (χ4v) is 2.25. The summed E-state index contributed by atoms with van der Waals surface area (Å²) in [5, 5.41) is 3.60. The minimum Gasteiger partial charge on any atom is -0.311 e. The maximum atomic E-state index is 3.60. The molecule has 52 valence electrons. The van der Waals surface area contributed by atoms with Gasteiger partial charge in [0.15, 0.2) is 0 Å². The predicted octanol–water partition coefficient (Wildman–Crippen LogP) is 1.54. The monoisotopic (exact) mass is 125 g/mol. The highest BCUT2D eigenvalue weighted by Gasteiger charge is 2.61. The first kappa shape index (κ1) is 5.72. The van der Waals surface area contributed by atoms with Crippen LogP contribution in [0.25, 0.3) is 0 Å². The van der Waals surface area contributed by atoms with Crippen molar-refractivity contribution in [3.05, 3.63) is 0 Å². The third-order valence-corrected chi connectivity index (χ3v) is 3.16. The smallest absolute Gasteiger partial charge is 0.0239 e. The quantitative estimate of drug-likeness (QED) is 0.518. The number of rotatable bonds is 0. The van der Waals surface area contributed by atoms with Crippen LogP contribution in [-0.2, 0) is 0 Å². The Morgan fingerprint density at radius 3 is 2.22 bits per heavy atom. The second kappa shape index (κ2) is 1.34. The third-order valence-electron chi connectivity index (χ3n) is 3.16. The average molecular weight is 125 g/mol. The minimum atomic E-state index is 0.590. The van der Waals surface area contributed by atoms with Crippen molar-refractivity contribution in [2.45, 2.75) is 38.6 Å². The lowest BCUT2D eigenvalue weighted by molar-refractivity contribution is 0.452. The summed E-state index contributed by atoms with van der Waals surface area (Å²) in [4.78, 5) is 0. The zero-order valence-electron chi connectivity index (χ0n) is 6.33. The second-order valence-corrected chi connectivity index (χ2v) is 4.17. The Kier molecular flexibility index (Phi) is 0.852. The van der Waals surface area contributed by atoms with E-state index in [1.807, 2.05) is 0 Å². The molecular formula is C8H15N. The van der Waals surface area contributed by atoms with Crippen LogP contribution in [0.4, 0.5) is 0 Å². The first-order valence-electron chi connectivity index (χ1n) is 3.91. The van der Waals surface area contributed by atoms with Gasteiger partial charge in [-0.1, -0.05) is 13.8 Å². The molecule has 0 radical (unpaired) electrons. The summed E-state index contributed by atoms with van der Waals surface area (Å²) < 4.78 is 0. The van der Waals surface area contributed by atoms with Gasteiger partial charge in [0, 0.05) is 5.54 Å². The molecule has 2 aliphatic rings. The van der Waals surface area contributed by atoms with E-state index >= 15 is 0 Å². The van der Waals surface area contributed by atoms with Crippen LogP contribution in [-0.4, -0.2) is 12.1 Å². The summed E-state index contributed by atoms with van der Waals surface area (Å²) >= 11 is 0. The molecule has 0 amide bonds. The molecule has 0 bridgehead atoms. The Morgan fingerprint density at radius 2 is 2.00 bits per heavy atom. The van der Waals surface area contributed by atoms with E-state index in [9.17, 15) is 0 Å². The maximum absolute atomic E-state index is 3.60. The van der Waals surface area contributed by atoms with E-state index in [1.54, 1.807) is 0 Å². The molecule has 1 atom stereocenters. The van der Waals surface area contributed by atoms with E-state index in [0.717, 1.165) is 0 Å². The Hall–Kier alpha value is -0.0400. The van der Waals surface area contributed by atoms with E-state index in [1.165, 1.54) is 25.8 Å². The van der Waals surface area contributed by atoms with E-state index in [4.69, 9.17) is 0 Å². The average Bonchev–Trinajstić information content (AvgIpc) is 2.27. The largest absolute Gasteiger partial charge is 0.311 e. The highest BCUT2D eigenvalue weighted by Crippen LogP contribution is 2.59. The van der Waals surface area contributed by atoms with Crippen LogP contribution in [0.2, 0.25) is 0 Å². The molecule has 1 spiro atoms. The summed E-state index contributed by atoms with van der Waals surface area (Å²) in [6.07, 6.45) is 4.21. The van der Waals surface area contributed by atoms with Crippen molar-refractivity contribution in [2.75, 3.05) is 6.54 Å². The van der Waals surface area contributed by atoms with Gasteiger partial charge < -0.3 is 5.32 Å². The highest BCUT2D eigenvalue weighted by molar-refractivity contribution is 5.18. The Morgan fingerprint density at radius 1 is 1.33 bits per heavy atom. The molecule has 0 aromatic carbocycles. The minimum absolute atomic E-state index is 0.590. The van der Waals surface area contributed by atoms with Gasteiger partial charge in [0.25, 0.3) is 0 Å². The van der Waals surface area contributed by atoms with E-state index < -0.39 is 0 Å². The molecule has 0 aromatic rings. The molecule has 1 saturated carbocycles. The van der Waals surface area contributed by atoms with Crippen molar-refractivity contribution in [1.82, 2.24) is 5.32 Å². The standard InChI is InChI=1S/C8H15N/c1-7(2)6-8(7)4-3-5-9-8/h9H,3-6H2,1-2H3. The molecule has 1 aliphatic carbocycles. The lowest BCUT2D eigenvalue weighted by atomic mass is 10.0. The van der Waals surface area contributed by atoms with Gasteiger partial charge in [-0.2, -0.15) is 0 Å². The van der Waals surface area contributed by atoms with Crippen molar-refractivity contribution >= 4 is 0 Å². The molecule has 1 heterocycles. The molecule has 1 N–H and O–H groups in total. The first-order chi connectivity index (χ1) is 4.16. The third kappa shape index (κ3) is 0.586.